The van der Waals surface area contributed by atoms with Crippen molar-refractivity contribution in [3.8, 4) is 5.75 Å². The van der Waals surface area contributed by atoms with E-state index in [1.165, 1.54) is 7.11 Å². The molecule has 0 aromatic heterocycles. The van der Waals surface area contributed by atoms with Gasteiger partial charge in [-0.1, -0.05) is 23.2 Å². The average molecular weight is 304 g/mol. The molecule has 1 saturated heterocycles. The highest BCUT2D eigenvalue weighted by Crippen LogP contribution is 2.33. The quantitative estimate of drug-likeness (QED) is 0.934. The minimum atomic E-state index is -0.267. The fraction of sp³-hybridized carbons (Fsp3) is 0.462. The molecule has 1 aromatic rings. The maximum Gasteiger partial charge on any atom is 0.256 e. The van der Waals surface area contributed by atoms with Gasteiger partial charge in [0.15, 0.2) is 5.75 Å². The highest BCUT2D eigenvalue weighted by Gasteiger charge is 2.23. The third-order valence-corrected chi connectivity index (χ3v) is 3.66. The molecule has 1 fully saturated rings. The lowest BCUT2D eigenvalue weighted by Crippen LogP contribution is -2.39. The van der Waals surface area contributed by atoms with Gasteiger partial charge >= 0.3 is 0 Å². The summed E-state index contributed by atoms with van der Waals surface area (Å²) in [5.74, 6) is 0.0370. The molecule has 1 N–H and O–H groups in total. The predicted octanol–water partition coefficient (Wildman–Crippen LogP) is 2.91. The minimum Gasteiger partial charge on any atom is -0.494 e. The SMILES string of the molecule is COc1c(Cl)ccc(Cl)c1C(=O)NC1CCOCC1. The number of rotatable bonds is 3. The summed E-state index contributed by atoms with van der Waals surface area (Å²) in [6.07, 6.45) is 1.60. The first-order chi connectivity index (χ1) is 9.13. The molecular weight excluding hydrogens is 289 g/mol. The van der Waals surface area contributed by atoms with Crippen LogP contribution in [-0.4, -0.2) is 32.3 Å². The van der Waals surface area contributed by atoms with Gasteiger partial charge in [-0.25, -0.2) is 0 Å². The van der Waals surface area contributed by atoms with Crippen LogP contribution in [0.5, 0.6) is 5.75 Å². The number of hydrogen-bond acceptors (Lipinski definition) is 3. The van der Waals surface area contributed by atoms with Gasteiger partial charge in [0.1, 0.15) is 5.56 Å². The van der Waals surface area contributed by atoms with Crippen molar-refractivity contribution in [1.82, 2.24) is 5.32 Å². The topological polar surface area (TPSA) is 47.6 Å². The van der Waals surface area contributed by atoms with Crippen molar-refractivity contribution >= 4 is 29.1 Å². The lowest BCUT2D eigenvalue weighted by molar-refractivity contribution is 0.0695. The Kier molecular flexibility index (Phi) is 4.91. The average Bonchev–Trinajstić information content (AvgIpc) is 2.42. The number of carbonyl (C=O) groups is 1. The molecule has 2 rings (SSSR count). The molecule has 4 nitrogen and oxygen atoms in total. The van der Waals surface area contributed by atoms with Crippen LogP contribution in [0.4, 0.5) is 0 Å². The maximum atomic E-state index is 12.3. The van der Waals surface area contributed by atoms with Crippen molar-refractivity contribution in [2.24, 2.45) is 0 Å². The molecule has 1 aliphatic heterocycles. The molecule has 0 saturated carbocycles. The second kappa shape index (κ2) is 6.46. The van der Waals surface area contributed by atoms with E-state index in [-0.39, 0.29) is 17.5 Å². The second-order valence-electron chi connectivity index (χ2n) is 4.30. The van der Waals surface area contributed by atoms with E-state index in [1.807, 2.05) is 0 Å². The Hall–Kier alpha value is -0.970. The summed E-state index contributed by atoms with van der Waals surface area (Å²) < 4.78 is 10.4. The van der Waals surface area contributed by atoms with Crippen molar-refractivity contribution in [2.75, 3.05) is 20.3 Å². The summed E-state index contributed by atoms with van der Waals surface area (Å²) in [6.45, 7) is 1.32. The number of nitrogens with one attached hydrogen (secondary N) is 1. The Morgan fingerprint density at radius 1 is 1.32 bits per heavy atom. The summed E-state index contributed by atoms with van der Waals surface area (Å²) in [4.78, 5) is 12.3. The van der Waals surface area contributed by atoms with Crippen LogP contribution in [0.15, 0.2) is 12.1 Å². The van der Waals surface area contributed by atoms with Crippen LogP contribution < -0.4 is 10.1 Å². The fourth-order valence-electron chi connectivity index (χ4n) is 2.04. The summed E-state index contributed by atoms with van der Waals surface area (Å²) >= 11 is 12.1. The Balaban J connectivity index is 2.20. The van der Waals surface area contributed by atoms with E-state index < -0.39 is 0 Å². The van der Waals surface area contributed by atoms with E-state index in [2.05, 4.69) is 5.32 Å². The van der Waals surface area contributed by atoms with E-state index >= 15 is 0 Å². The number of hydrogen-bond donors (Lipinski definition) is 1. The summed E-state index contributed by atoms with van der Waals surface area (Å²) in [6, 6.07) is 3.29. The molecule has 0 radical (unpaired) electrons. The molecule has 104 valence electrons. The van der Waals surface area contributed by atoms with Gasteiger partial charge in [0.05, 0.1) is 17.2 Å². The second-order valence-corrected chi connectivity index (χ2v) is 5.11. The van der Waals surface area contributed by atoms with Crippen molar-refractivity contribution in [3.05, 3.63) is 27.7 Å². The molecular formula is C13H15Cl2NO3. The molecule has 6 heteroatoms. The molecule has 1 aliphatic rings. The summed E-state index contributed by atoms with van der Waals surface area (Å²) in [5, 5.41) is 3.63. The van der Waals surface area contributed by atoms with Crippen molar-refractivity contribution in [3.63, 3.8) is 0 Å². The molecule has 1 aromatic carbocycles. The number of benzene rings is 1. The van der Waals surface area contributed by atoms with Crippen LogP contribution in [0.2, 0.25) is 10.0 Å². The van der Waals surface area contributed by atoms with Crippen LogP contribution >= 0.6 is 23.2 Å². The molecule has 0 atom stereocenters. The third kappa shape index (κ3) is 3.32. The van der Waals surface area contributed by atoms with E-state index in [1.54, 1.807) is 12.1 Å². The smallest absolute Gasteiger partial charge is 0.256 e. The third-order valence-electron chi connectivity index (χ3n) is 3.05. The molecule has 0 bridgehead atoms. The number of carbonyl (C=O) groups excluding carboxylic acids is 1. The normalized spacial score (nSPS) is 16.2. The molecule has 0 spiro atoms. The zero-order chi connectivity index (χ0) is 13.8. The maximum absolute atomic E-state index is 12.3. The predicted molar refractivity (Wildman–Crippen MR) is 74.3 cm³/mol. The van der Waals surface area contributed by atoms with E-state index in [9.17, 15) is 4.79 Å². The van der Waals surface area contributed by atoms with Crippen LogP contribution in [0.3, 0.4) is 0 Å². The van der Waals surface area contributed by atoms with Gasteiger partial charge in [0.2, 0.25) is 0 Å². The van der Waals surface area contributed by atoms with Gasteiger partial charge in [-0.2, -0.15) is 0 Å². The molecule has 1 amide bonds. The highest BCUT2D eigenvalue weighted by atomic mass is 35.5. The minimum absolute atomic E-state index is 0.0982. The molecule has 0 aliphatic carbocycles. The highest BCUT2D eigenvalue weighted by molar-refractivity contribution is 6.37. The van der Waals surface area contributed by atoms with Crippen molar-refractivity contribution in [2.45, 2.75) is 18.9 Å². The monoisotopic (exact) mass is 303 g/mol. The largest absolute Gasteiger partial charge is 0.494 e. The van der Waals surface area contributed by atoms with Crippen molar-refractivity contribution < 1.29 is 14.3 Å². The van der Waals surface area contributed by atoms with Gasteiger partial charge in [0.25, 0.3) is 5.91 Å². The van der Waals surface area contributed by atoms with E-state index in [0.717, 1.165) is 12.8 Å². The van der Waals surface area contributed by atoms with Crippen LogP contribution in [0.25, 0.3) is 0 Å². The van der Waals surface area contributed by atoms with Gasteiger partial charge in [-0.05, 0) is 25.0 Å². The van der Waals surface area contributed by atoms with Crippen LogP contribution in [-0.2, 0) is 4.74 Å². The molecule has 0 unspecified atom stereocenters. The lowest BCUT2D eigenvalue weighted by Gasteiger charge is -2.23. The van der Waals surface area contributed by atoms with Gasteiger partial charge in [-0.3, -0.25) is 4.79 Å². The summed E-state index contributed by atoms with van der Waals surface area (Å²) in [7, 11) is 1.46. The van der Waals surface area contributed by atoms with Crippen LogP contribution in [0.1, 0.15) is 23.2 Å². The zero-order valence-electron chi connectivity index (χ0n) is 10.5. The molecule has 1 heterocycles. The van der Waals surface area contributed by atoms with Crippen molar-refractivity contribution in [1.29, 1.82) is 0 Å². The fourth-order valence-corrected chi connectivity index (χ4v) is 2.51. The number of amides is 1. The van der Waals surface area contributed by atoms with Gasteiger partial charge < -0.3 is 14.8 Å². The Labute approximate surface area is 122 Å². The Morgan fingerprint density at radius 2 is 1.95 bits per heavy atom. The van der Waals surface area contributed by atoms with E-state index in [0.29, 0.717) is 29.0 Å². The number of methoxy groups -OCH3 is 1. The van der Waals surface area contributed by atoms with Gasteiger partial charge in [0, 0.05) is 19.3 Å². The summed E-state index contributed by atoms with van der Waals surface area (Å²) in [5.41, 5.74) is 0.281. The Morgan fingerprint density at radius 3 is 2.58 bits per heavy atom. The van der Waals surface area contributed by atoms with Gasteiger partial charge in [-0.15, -0.1) is 0 Å². The first-order valence-corrected chi connectivity index (χ1v) is 6.79. The Bertz CT molecular complexity index is 473. The number of ether oxygens (including phenoxy) is 2. The standard InChI is InChI=1S/C13H15Cl2NO3/c1-18-12-10(15)3-2-9(14)11(12)13(17)16-8-4-6-19-7-5-8/h2-3,8H,4-7H2,1H3,(H,16,17). The van der Waals surface area contributed by atoms with Crippen LogP contribution in [0, 0.1) is 0 Å². The zero-order valence-corrected chi connectivity index (χ0v) is 12.1. The number of halogens is 2. The first kappa shape index (κ1) is 14.4. The molecule has 19 heavy (non-hydrogen) atoms. The first-order valence-electron chi connectivity index (χ1n) is 6.04. The van der Waals surface area contributed by atoms with E-state index in [4.69, 9.17) is 32.7 Å². The lowest BCUT2D eigenvalue weighted by atomic mass is 10.1.